The Kier molecular flexibility index (Phi) is 5.41. The maximum absolute atomic E-state index is 13.2. The predicted molar refractivity (Wildman–Crippen MR) is 96.5 cm³/mol. The van der Waals surface area contributed by atoms with Gasteiger partial charge in [-0.05, 0) is 48.2 Å². The number of carbonyl (C=O) groups is 1. The van der Waals surface area contributed by atoms with E-state index in [1.54, 1.807) is 35.2 Å². The molecular formula is C20H21F3N2O2. The molecule has 2 aromatic carbocycles. The lowest BCUT2D eigenvalue weighted by Crippen LogP contribution is -2.45. The molecule has 0 spiro atoms. The number of methoxy groups -OCH3 is 1. The van der Waals surface area contributed by atoms with Crippen molar-refractivity contribution in [2.45, 2.75) is 25.1 Å². The summed E-state index contributed by atoms with van der Waals surface area (Å²) in [5.74, 6) is -0.332. The second kappa shape index (κ2) is 7.60. The van der Waals surface area contributed by atoms with Gasteiger partial charge in [0.15, 0.2) is 0 Å². The Balaban J connectivity index is 1.84. The number of alkyl halides is 3. The predicted octanol–water partition coefficient (Wildman–Crippen LogP) is 3.94. The van der Waals surface area contributed by atoms with Gasteiger partial charge in [-0.3, -0.25) is 4.79 Å². The third-order valence-electron chi connectivity index (χ3n) is 4.72. The standard InChI is InChI=1S/C20H21F3N2O2/c1-27-18-9-8-15(11-17(18)20(21,22)23)13-4-6-14(7-5-13)19(26)25-10-2-3-16(24)12-25/h4-9,11,16H,2-3,10,12,24H2,1H3/t16-/m0/s1. The van der Waals surface area contributed by atoms with Crippen molar-refractivity contribution in [2.75, 3.05) is 20.2 Å². The lowest BCUT2D eigenvalue weighted by molar-refractivity contribution is -0.138. The van der Waals surface area contributed by atoms with Gasteiger partial charge in [0.25, 0.3) is 5.91 Å². The van der Waals surface area contributed by atoms with Crippen LogP contribution in [0, 0.1) is 0 Å². The molecule has 0 aromatic heterocycles. The van der Waals surface area contributed by atoms with E-state index >= 15 is 0 Å². The lowest BCUT2D eigenvalue weighted by atomic mass is 10.00. The summed E-state index contributed by atoms with van der Waals surface area (Å²) in [6.45, 7) is 1.19. The van der Waals surface area contributed by atoms with E-state index in [1.807, 2.05) is 0 Å². The SMILES string of the molecule is COc1ccc(-c2ccc(C(=O)N3CCC[C@H](N)C3)cc2)cc1C(F)(F)F. The zero-order chi connectivity index (χ0) is 19.6. The van der Waals surface area contributed by atoms with Gasteiger partial charge in [0, 0.05) is 24.7 Å². The van der Waals surface area contributed by atoms with Gasteiger partial charge in [-0.1, -0.05) is 18.2 Å². The van der Waals surface area contributed by atoms with Gasteiger partial charge >= 0.3 is 6.18 Å². The number of nitrogens with zero attached hydrogens (tertiary/aromatic N) is 1. The van der Waals surface area contributed by atoms with Crippen LogP contribution < -0.4 is 10.5 Å². The summed E-state index contributed by atoms with van der Waals surface area (Å²) in [5.41, 5.74) is 6.58. The number of ether oxygens (including phenoxy) is 1. The highest BCUT2D eigenvalue weighted by molar-refractivity contribution is 5.94. The first-order chi connectivity index (χ1) is 12.8. The van der Waals surface area contributed by atoms with Crippen LogP contribution in [0.1, 0.15) is 28.8 Å². The zero-order valence-corrected chi connectivity index (χ0v) is 14.9. The van der Waals surface area contributed by atoms with E-state index in [9.17, 15) is 18.0 Å². The summed E-state index contributed by atoms with van der Waals surface area (Å²) in [6, 6.07) is 10.5. The molecule has 144 valence electrons. The van der Waals surface area contributed by atoms with Gasteiger partial charge in [-0.2, -0.15) is 13.2 Å². The summed E-state index contributed by atoms with van der Waals surface area (Å²) in [7, 11) is 1.21. The van der Waals surface area contributed by atoms with Crippen molar-refractivity contribution in [3.8, 4) is 16.9 Å². The van der Waals surface area contributed by atoms with Crippen LogP contribution in [0.25, 0.3) is 11.1 Å². The van der Waals surface area contributed by atoms with E-state index in [1.165, 1.54) is 13.2 Å². The van der Waals surface area contributed by atoms with Crippen LogP contribution in [0.5, 0.6) is 5.75 Å². The van der Waals surface area contributed by atoms with Gasteiger partial charge in [-0.15, -0.1) is 0 Å². The van der Waals surface area contributed by atoms with Crippen molar-refractivity contribution in [3.63, 3.8) is 0 Å². The van der Waals surface area contributed by atoms with Crippen LogP contribution in [0.4, 0.5) is 13.2 Å². The molecule has 1 amide bonds. The fourth-order valence-electron chi connectivity index (χ4n) is 3.29. The quantitative estimate of drug-likeness (QED) is 0.880. The summed E-state index contributed by atoms with van der Waals surface area (Å²) in [6.07, 6.45) is -2.73. The Morgan fingerprint density at radius 1 is 1.15 bits per heavy atom. The van der Waals surface area contributed by atoms with Crippen molar-refractivity contribution in [2.24, 2.45) is 5.73 Å². The molecule has 4 nitrogen and oxygen atoms in total. The number of piperidine rings is 1. The molecule has 27 heavy (non-hydrogen) atoms. The zero-order valence-electron chi connectivity index (χ0n) is 14.9. The summed E-state index contributed by atoms with van der Waals surface area (Å²) in [5, 5.41) is 0. The van der Waals surface area contributed by atoms with E-state index in [-0.39, 0.29) is 17.7 Å². The second-order valence-corrected chi connectivity index (χ2v) is 6.64. The van der Waals surface area contributed by atoms with Gasteiger partial charge in [-0.25, -0.2) is 0 Å². The molecule has 1 atom stereocenters. The Morgan fingerprint density at radius 2 is 1.81 bits per heavy atom. The van der Waals surface area contributed by atoms with Gasteiger partial charge in [0.1, 0.15) is 5.75 Å². The van der Waals surface area contributed by atoms with Crippen LogP contribution in [0.15, 0.2) is 42.5 Å². The highest BCUT2D eigenvalue weighted by atomic mass is 19.4. The van der Waals surface area contributed by atoms with Gasteiger partial charge in [0.05, 0.1) is 12.7 Å². The van der Waals surface area contributed by atoms with Crippen molar-refractivity contribution in [3.05, 3.63) is 53.6 Å². The first-order valence-corrected chi connectivity index (χ1v) is 8.70. The topological polar surface area (TPSA) is 55.6 Å². The first kappa shape index (κ1) is 19.2. The molecule has 3 rings (SSSR count). The fourth-order valence-corrected chi connectivity index (χ4v) is 3.29. The molecule has 1 aliphatic rings. The largest absolute Gasteiger partial charge is 0.496 e. The van der Waals surface area contributed by atoms with Crippen LogP contribution in [0.2, 0.25) is 0 Å². The Bertz CT molecular complexity index is 819. The fraction of sp³-hybridized carbons (Fsp3) is 0.350. The van der Waals surface area contributed by atoms with Crippen molar-refractivity contribution < 1.29 is 22.7 Å². The number of carbonyl (C=O) groups excluding carboxylic acids is 1. The number of amides is 1. The molecule has 1 fully saturated rings. The molecule has 0 bridgehead atoms. The minimum Gasteiger partial charge on any atom is -0.496 e. The number of nitrogens with two attached hydrogens (primary N) is 1. The minimum absolute atomic E-state index is 0.0120. The highest BCUT2D eigenvalue weighted by Gasteiger charge is 2.34. The van der Waals surface area contributed by atoms with Crippen LogP contribution in [0.3, 0.4) is 0 Å². The van der Waals surface area contributed by atoms with Gasteiger partial charge < -0.3 is 15.4 Å². The Hall–Kier alpha value is -2.54. The smallest absolute Gasteiger partial charge is 0.419 e. The second-order valence-electron chi connectivity index (χ2n) is 6.64. The summed E-state index contributed by atoms with van der Waals surface area (Å²) < 4.78 is 44.4. The lowest BCUT2D eigenvalue weighted by Gasteiger charge is -2.30. The molecule has 2 N–H and O–H groups in total. The molecule has 1 heterocycles. The molecule has 1 aliphatic heterocycles. The molecule has 0 radical (unpaired) electrons. The number of benzene rings is 2. The monoisotopic (exact) mass is 378 g/mol. The van der Waals surface area contributed by atoms with Crippen LogP contribution in [-0.2, 0) is 6.18 Å². The molecule has 0 aliphatic carbocycles. The van der Waals surface area contributed by atoms with Crippen LogP contribution >= 0.6 is 0 Å². The maximum atomic E-state index is 13.2. The molecular weight excluding hydrogens is 357 g/mol. The average Bonchev–Trinajstić information content (AvgIpc) is 2.66. The van der Waals surface area contributed by atoms with Gasteiger partial charge in [0.2, 0.25) is 0 Å². The van der Waals surface area contributed by atoms with E-state index < -0.39 is 11.7 Å². The highest BCUT2D eigenvalue weighted by Crippen LogP contribution is 2.38. The number of hydrogen-bond donors (Lipinski definition) is 1. The van der Waals surface area contributed by atoms with Crippen molar-refractivity contribution >= 4 is 5.91 Å². The number of halogens is 3. The van der Waals surface area contributed by atoms with E-state index in [2.05, 4.69) is 0 Å². The van der Waals surface area contributed by atoms with Crippen molar-refractivity contribution in [1.29, 1.82) is 0 Å². The minimum atomic E-state index is -4.51. The van der Waals surface area contributed by atoms with Crippen LogP contribution in [-0.4, -0.2) is 37.0 Å². The van der Waals surface area contributed by atoms with E-state index in [0.717, 1.165) is 18.9 Å². The Morgan fingerprint density at radius 3 is 2.41 bits per heavy atom. The third kappa shape index (κ3) is 4.24. The van der Waals surface area contributed by atoms with E-state index in [0.29, 0.717) is 29.8 Å². The Labute approximate surface area is 155 Å². The molecule has 1 saturated heterocycles. The van der Waals surface area contributed by atoms with E-state index in [4.69, 9.17) is 10.5 Å². The third-order valence-corrected chi connectivity index (χ3v) is 4.72. The average molecular weight is 378 g/mol. The number of rotatable bonds is 3. The van der Waals surface area contributed by atoms with Crippen molar-refractivity contribution in [1.82, 2.24) is 4.90 Å². The maximum Gasteiger partial charge on any atom is 0.419 e. The first-order valence-electron chi connectivity index (χ1n) is 8.70. The molecule has 7 heteroatoms. The molecule has 2 aromatic rings. The normalized spacial score (nSPS) is 17.7. The molecule has 0 unspecified atom stereocenters. The summed E-state index contributed by atoms with van der Waals surface area (Å²) >= 11 is 0. The number of likely N-dealkylation sites (tertiary alicyclic amines) is 1. The summed E-state index contributed by atoms with van der Waals surface area (Å²) in [4.78, 5) is 14.3. The molecule has 0 saturated carbocycles. The number of hydrogen-bond acceptors (Lipinski definition) is 3.